The van der Waals surface area contributed by atoms with Gasteiger partial charge in [0.25, 0.3) is 5.91 Å². The van der Waals surface area contributed by atoms with Gasteiger partial charge in [0, 0.05) is 18.7 Å². The predicted octanol–water partition coefficient (Wildman–Crippen LogP) is 2.64. The van der Waals surface area contributed by atoms with Crippen molar-refractivity contribution in [2.45, 2.75) is 34.1 Å². The first-order valence-electron chi connectivity index (χ1n) is 7.45. The number of benzene rings is 1. The summed E-state index contributed by atoms with van der Waals surface area (Å²) in [7, 11) is 0. The van der Waals surface area contributed by atoms with Crippen LogP contribution in [0.4, 0.5) is 0 Å². The standard InChI is InChI=1S/C17H23NO4/c1-11-7-13(8-12(2)15(11)22-9-14(19)20)16(21)18-6-5-17(3,4)10-18/h7-8H,5-6,9-10H2,1-4H3,(H,19,20). The Kier molecular flexibility index (Phi) is 4.44. The van der Waals surface area contributed by atoms with Gasteiger partial charge >= 0.3 is 5.97 Å². The summed E-state index contributed by atoms with van der Waals surface area (Å²) in [6.07, 6.45) is 1.01. The molecule has 2 rings (SSSR count). The van der Waals surface area contributed by atoms with Gasteiger partial charge in [0.2, 0.25) is 0 Å². The third-order valence-corrected chi connectivity index (χ3v) is 4.01. The van der Waals surface area contributed by atoms with Gasteiger partial charge in [0.1, 0.15) is 5.75 Å². The number of carboxylic acids is 1. The number of carbonyl (C=O) groups is 2. The minimum absolute atomic E-state index is 0.0292. The molecule has 120 valence electrons. The van der Waals surface area contributed by atoms with Crippen LogP contribution in [0.15, 0.2) is 12.1 Å². The molecule has 5 nitrogen and oxygen atoms in total. The summed E-state index contributed by atoms with van der Waals surface area (Å²) < 4.78 is 5.30. The molecule has 0 aromatic heterocycles. The van der Waals surface area contributed by atoms with Crippen molar-refractivity contribution in [1.82, 2.24) is 4.90 Å². The first-order chi connectivity index (χ1) is 10.2. The molecular weight excluding hydrogens is 282 g/mol. The van der Waals surface area contributed by atoms with E-state index in [4.69, 9.17) is 9.84 Å². The molecule has 0 bridgehead atoms. The number of likely N-dealkylation sites (tertiary alicyclic amines) is 1. The number of hydrogen-bond donors (Lipinski definition) is 1. The summed E-state index contributed by atoms with van der Waals surface area (Å²) in [5.41, 5.74) is 2.37. The second-order valence-corrected chi connectivity index (χ2v) is 6.76. The Bertz CT molecular complexity index is 584. The molecule has 5 heteroatoms. The van der Waals surface area contributed by atoms with E-state index in [0.29, 0.717) is 11.3 Å². The van der Waals surface area contributed by atoms with Gasteiger partial charge in [-0.25, -0.2) is 4.79 Å². The van der Waals surface area contributed by atoms with Crippen molar-refractivity contribution in [3.05, 3.63) is 28.8 Å². The molecule has 1 aliphatic rings. The Morgan fingerprint density at radius 3 is 2.32 bits per heavy atom. The normalized spacial score (nSPS) is 16.6. The molecular formula is C17H23NO4. The average molecular weight is 305 g/mol. The lowest BCUT2D eigenvalue weighted by Gasteiger charge is -2.21. The third-order valence-electron chi connectivity index (χ3n) is 4.01. The van der Waals surface area contributed by atoms with E-state index < -0.39 is 5.97 Å². The van der Waals surface area contributed by atoms with Crippen LogP contribution in [0.5, 0.6) is 5.75 Å². The molecule has 1 aromatic carbocycles. The van der Waals surface area contributed by atoms with Crippen LogP contribution in [0.25, 0.3) is 0 Å². The lowest BCUT2D eigenvalue weighted by atomic mass is 9.93. The van der Waals surface area contributed by atoms with Crippen LogP contribution in [0.1, 0.15) is 41.8 Å². The molecule has 1 heterocycles. The van der Waals surface area contributed by atoms with Crippen LogP contribution < -0.4 is 4.74 Å². The van der Waals surface area contributed by atoms with E-state index in [0.717, 1.165) is 30.6 Å². The summed E-state index contributed by atoms with van der Waals surface area (Å²) in [5.74, 6) is -0.444. The van der Waals surface area contributed by atoms with Gasteiger partial charge in [0.15, 0.2) is 6.61 Å². The SMILES string of the molecule is Cc1cc(C(=O)N2CCC(C)(C)C2)cc(C)c1OCC(=O)O. The number of aryl methyl sites for hydroxylation is 2. The van der Waals surface area contributed by atoms with Gasteiger partial charge in [-0.05, 0) is 48.9 Å². The van der Waals surface area contributed by atoms with Crippen LogP contribution in [-0.2, 0) is 4.79 Å². The molecule has 1 aromatic rings. The maximum absolute atomic E-state index is 12.6. The monoisotopic (exact) mass is 305 g/mol. The zero-order valence-corrected chi connectivity index (χ0v) is 13.6. The number of amides is 1. The van der Waals surface area contributed by atoms with Gasteiger partial charge in [0.05, 0.1) is 0 Å². The van der Waals surface area contributed by atoms with Crippen molar-refractivity contribution in [2.24, 2.45) is 5.41 Å². The first-order valence-corrected chi connectivity index (χ1v) is 7.45. The number of hydrogen-bond acceptors (Lipinski definition) is 3. The van der Waals surface area contributed by atoms with Gasteiger partial charge in [-0.3, -0.25) is 4.79 Å². The van der Waals surface area contributed by atoms with Gasteiger partial charge in [-0.1, -0.05) is 13.8 Å². The quantitative estimate of drug-likeness (QED) is 0.928. The van der Waals surface area contributed by atoms with Crippen LogP contribution >= 0.6 is 0 Å². The Balaban J connectivity index is 2.19. The molecule has 1 N–H and O–H groups in total. The number of nitrogens with zero attached hydrogens (tertiary/aromatic N) is 1. The van der Waals surface area contributed by atoms with E-state index in [9.17, 15) is 9.59 Å². The maximum atomic E-state index is 12.6. The molecule has 1 aliphatic heterocycles. The fraction of sp³-hybridized carbons (Fsp3) is 0.529. The highest BCUT2D eigenvalue weighted by atomic mass is 16.5. The molecule has 1 saturated heterocycles. The van der Waals surface area contributed by atoms with Crippen molar-refractivity contribution in [1.29, 1.82) is 0 Å². The zero-order valence-electron chi connectivity index (χ0n) is 13.6. The summed E-state index contributed by atoms with van der Waals surface area (Å²) >= 11 is 0. The Labute approximate surface area is 130 Å². The minimum Gasteiger partial charge on any atom is -0.481 e. The fourth-order valence-corrected chi connectivity index (χ4v) is 2.90. The highest BCUT2D eigenvalue weighted by Gasteiger charge is 2.32. The summed E-state index contributed by atoms with van der Waals surface area (Å²) in [6, 6.07) is 3.55. The van der Waals surface area contributed by atoms with E-state index in [1.165, 1.54) is 0 Å². The molecule has 1 amide bonds. The summed E-state index contributed by atoms with van der Waals surface area (Å²) in [5, 5.41) is 8.71. The van der Waals surface area contributed by atoms with Crippen LogP contribution in [0, 0.1) is 19.3 Å². The Morgan fingerprint density at radius 2 is 1.86 bits per heavy atom. The van der Waals surface area contributed by atoms with Crippen LogP contribution in [0.3, 0.4) is 0 Å². The highest BCUT2D eigenvalue weighted by molar-refractivity contribution is 5.95. The lowest BCUT2D eigenvalue weighted by Crippen LogP contribution is -2.30. The predicted molar refractivity (Wildman–Crippen MR) is 83.3 cm³/mol. The van der Waals surface area contributed by atoms with Crippen molar-refractivity contribution < 1.29 is 19.4 Å². The van der Waals surface area contributed by atoms with Crippen molar-refractivity contribution in [2.75, 3.05) is 19.7 Å². The Morgan fingerprint density at radius 1 is 1.27 bits per heavy atom. The van der Waals surface area contributed by atoms with Gasteiger partial charge in [-0.15, -0.1) is 0 Å². The molecule has 0 aliphatic carbocycles. The van der Waals surface area contributed by atoms with Crippen molar-refractivity contribution in [3.8, 4) is 5.75 Å². The number of ether oxygens (including phenoxy) is 1. The zero-order chi connectivity index (χ0) is 16.5. The number of aliphatic carboxylic acids is 1. The van der Waals surface area contributed by atoms with E-state index >= 15 is 0 Å². The molecule has 0 atom stereocenters. The van der Waals surface area contributed by atoms with Crippen molar-refractivity contribution >= 4 is 11.9 Å². The molecule has 1 fully saturated rings. The summed E-state index contributed by atoms with van der Waals surface area (Å²) in [4.78, 5) is 25.1. The molecule has 22 heavy (non-hydrogen) atoms. The highest BCUT2D eigenvalue weighted by Crippen LogP contribution is 2.31. The third kappa shape index (κ3) is 3.59. The lowest BCUT2D eigenvalue weighted by molar-refractivity contribution is -0.139. The smallest absolute Gasteiger partial charge is 0.341 e. The van der Waals surface area contributed by atoms with Gasteiger partial charge in [-0.2, -0.15) is 0 Å². The molecule has 0 unspecified atom stereocenters. The number of rotatable bonds is 4. The molecule has 0 saturated carbocycles. The van der Waals surface area contributed by atoms with E-state index in [-0.39, 0.29) is 17.9 Å². The number of carboxylic acid groups (broad SMARTS) is 1. The minimum atomic E-state index is -1.02. The topological polar surface area (TPSA) is 66.8 Å². The molecule has 0 spiro atoms. The molecule has 0 radical (unpaired) electrons. The van der Waals surface area contributed by atoms with Crippen LogP contribution in [0.2, 0.25) is 0 Å². The fourth-order valence-electron chi connectivity index (χ4n) is 2.90. The van der Waals surface area contributed by atoms with E-state index in [2.05, 4.69) is 13.8 Å². The second-order valence-electron chi connectivity index (χ2n) is 6.76. The van der Waals surface area contributed by atoms with E-state index in [1.54, 1.807) is 12.1 Å². The Hall–Kier alpha value is -2.04. The average Bonchev–Trinajstić information content (AvgIpc) is 2.76. The maximum Gasteiger partial charge on any atom is 0.341 e. The first kappa shape index (κ1) is 16.3. The second kappa shape index (κ2) is 5.99. The largest absolute Gasteiger partial charge is 0.481 e. The number of carbonyl (C=O) groups excluding carboxylic acids is 1. The van der Waals surface area contributed by atoms with Gasteiger partial charge < -0.3 is 14.7 Å². The van der Waals surface area contributed by atoms with Crippen LogP contribution in [-0.4, -0.2) is 41.6 Å². The van der Waals surface area contributed by atoms with Crippen molar-refractivity contribution in [3.63, 3.8) is 0 Å². The van der Waals surface area contributed by atoms with E-state index in [1.807, 2.05) is 18.7 Å². The summed E-state index contributed by atoms with van der Waals surface area (Å²) in [6.45, 7) is 9.15.